The maximum absolute atomic E-state index is 11.6. The molecule has 108 valence electrons. The van der Waals surface area contributed by atoms with Crippen molar-refractivity contribution in [2.75, 3.05) is 16.9 Å². The molecule has 9 heteroatoms. The lowest BCUT2D eigenvalue weighted by atomic mass is 10.2. The Kier molecular flexibility index (Phi) is 3.84. The van der Waals surface area contributed by atoms with Gasteiger partial charge in [-0.2, -0.15) is 10.1 Å². The molecule has 0 saturated heterocycles. The van der Waals surface area contributed by atoms with Gasteiger partial charge in [0, 0.05) is 0 Å². The predicted octanol–water partition coefficient (Wildman–Crippen LogP) is 0.0785. The lowest BCUT2D eigenvalue weighted by Gasteiger charge is -2.02. The fourth-order valence-corrected chi connectivity index (χ4v) is 1.50. The Bertz CT molecular complexity index is 751. The van der Waals surface area contributed by atoms with Crippen LogP contribution in [0, 0.1) is 0 Å². The molecular weight excluding hydrogens is 276 g/mol. The third kappa shape index (κ3) is 3.35. The van der Waals surface area contributed by atoms with E-state index >= 15 is 0 Å². The molecule has 0 bridgehead atoms. The normalized spacial score (nSPS) is 10.7. The van der Waals surface area contributed by atoms with E-state index in [1.165, 1.54) is 30.5 Å². The summed E-state index contributed by atoms with van der Waals surface area (Å²) in [5.41, 5.74) is 13.8. The number of hydrogen-bond acceptors (Lipinski definition) is 7. The topological polar surface area (TPSA) is 159 Å². The Balaban J connectivity index is 2.13. The number of aromatic nitrogens is 2. The Morgan fingerprint density at radius 2 is 2.00 bits per heavy atom. The first kappa shape index (κ1) is 14.1. The standard InChI is InChI=1S/C12H12N6O3/c13-9-8(10(19)17-12(14)16-9)5-15-18-7-3-1-6(2-4-7)11(20)21/h1-5,18H,(H,20,21)(H5,13,14,16,17,19)/b15-5+. The lowest BCUT2D eigenvalue weighted by Crippen LogP contribution is -2.19. The number of nitrogens with two attached hydrogens (primary N) is 2. The minimum Gasteiger partial charge on any atom is -0.478 e. The van der Waals surface area contributed by atoms with E-state index in [-0.39, 0.29) is 22.9 Å². The maximum Gasteiger partial charge on any atom is 0.335 e. The number of hydrazone groups is 1. The van der Waals surface area contributed by atoms with Crippen molar-refractivity contribution in [2.45, 2.75) is 0 Å². The molecule has 9 nitrogen and oxygen atoms in total. The number of nitrogens with one attached hydrogen (secondary N) is 2. The first-order chi connectivity index (χ1) is 9.97. The van der Waals surface area contributed by atoms with Crippen molar-refractivity contribution < 1.29 is 9.90 Å². The van der Waals surface area contributed by atoms with Gasteiger partial charge in [-0.3, -0.25) is 15.2 Å². The first-order valence-corrected chi connectivity index (χ1v) is 5.75. The molecule has 0 spiro atoms. The number of carbonyl (C=O) groups is 1. The number of rotatable bonds is 4. The summed E-state index contributed by atoms with van der Waals surface area (Å²) in [7, 11) is 0. The van der Waals surface area contributed by atoms with E-state index in [1.807, 2.05) is 0 Å². The average molecular weight is 288 g/mol. The number of aromatic amines is 1. The minimum absolute atomic E-state index is 0.0389. The first-order valence-electron chi connectivity index (χ1n) is 5.75. The zero-order valence-corrected chi connectivity index (χ0v) is 10.7. The van der Waals surface area contributed by atoms with E-state index in [2.05, 4.69) is 20.5 Å². The molecule has 2 aromatic rings. The molecule has 1 aromatic carbocycles. The van der Waals surface area contributed by atoms with Crippen molar-refractivity contribution in [1.29, 1.82) is 0 Å². The van der Waals surface area contributed by atoms with Crippen LogP contribution in [0.3, 0.4) is 0 Å². The molecule has 0 saturated carbocycles. The average Bonchev–Trinajstić information content (AvgIpc) is 2.42. The number of anilines is 3. The molecule has 0 atom stereocenters. The molecule has 0 amide bonds. The monoisotopic (exact) mass is 288 g/mol. The second kappa shape index (κ2) is 5.74. The minimum atomic E-state index is -1.02. The second-order valence-electron chi connectivity index (χ2n) is 4.00. The van der Waals surface area contributed by atoms with Crippen LogP contribution >= 0.6 is 0 Å². The molecule has 1 aromatic heterocycles. The highest BCUT2D eigenvalue weighted by Crippen LogP contribution is 2.09. The van der Waals surface area contributed by atoms with E-state index in [1.54, 1.807) is 0 Å². The molecule has 2 rings (SSSR count). The van der Waals surface area contributed by atoms with Gasteiger partial charge in [-0.25, -0.2) is 4.79 Å². The van der Waals surface area contributed by atoms with Gasteiger partial charge < -0.3 is 16.6 Å². The van der Waals surface area contributed by atoms with Crippen LogP contribution in [0.1, 0.15) is 15.9 Å². The molecule has 21 heavy (non-hydrogen) atoms. The van der Waals surface area contributed by atoms with Crippen LogP contribution in [-0.4, -0.2) is 27.3 Å². The maximum atomic E-state index is 11.6. The Hall–Kier alpha value is -3.36. The van der Waals surface area contributed by atoms with Gasteiger partial charge >= 0.3 is 5.97 Å². The summed E-state index contributed by atoms with van der Waals surface area (Å²) in [6.07, 6.45) is 1.20. The molecule has 0 unspecified atom stereocenters. The number of carboxylic acid groups (broad SMARTS) is 1. The Morgan fingerprint density at radius 3 is 2.57 bits per heavy atom. The highest BCUT2D eigenvalue weighted by molar-refractivity contribution is 5.88. The van der Waals surface area contributed by atoms with E-state index in [0.717, 1.165) is 0 Å². The van der Waals surface area contributed by atoms with Crippen molar-refractivity contribution in [3.63, 3.8) is 0 Å². The largest absolute Gasteiger partial charge is 0.478 e. The quantitative estimate of drug-likeness (QED) is 0.393. The summed E-state index contributed by atoms with van der Waals surface area (Å²) in [6.45, 7) is 0. The SMILES string of the molecule is Nc1nc(N)c(/C=N/Nc2ccc(C(=O)O)cc2)c(=O)[nH]1. The van der Waals surface area contributed by atoms with Crippen LogP contribution in [0.25, 0.3) is 0 Å². The van der Waals surface area contributed by atoms with Gasteiger partial charge in [0.05, 0.1) is 17.5 Å². The summed E-state index contributed by atoms with van der Waals surface area (Å²) >= 11 is 0. The molecule has 0 aliphatic carbocycles. The van der Waals surface area contributed by atoms with Gasteiger partial charge in [-0.15, -0.1) is 0 Å². The second-order valence-corrected chi connectivity index (χ2v) is 4.00. The highest BCUT2D eigenvalue weighted by atomic mass is 16.4. The number of nitrogens with zero attached hydrogens (tertiary/aromatic N) is 2. The molecular formula is C12H12N6O3. The Morgan fingerprint density at radius 1 is 1.33 bits per heavy atom. The number of aromatic carboxylic acids is 1. The van der Waals surface area contributed by atoms with Crippen LogP contribution < -0.4 is 22.5 Å². The molecule has 0 fully saturated rings. The lowest BCUT2D eigenvalue weighted by molar-refractivity contribution is 0.0697. The van der Waals surface area contributed by atoms with Crippen LogP contribution in [0.2, 0.25) is 0 Å². The zero-order valence-electron chi connectivity index (χ0n) is 10.7. The van der Waals surface area contributed by atoms with Crippen LogP contribution in [0.5, 0.6) is 0 Å². The summed E-state index contributed by atoms with van der Waals surface area (Å²) in [5.74, 6) is -1.13. The molecule has 0 aliphatic heterocycles. The van der Waals surface area contributed by atoms with Crippen LogP contribution in [0.4, 0.5) is 17.5 Å². The third-order valence-electron chi connectivity index (χ3n) is 2.52. The van der Waals surface area contributed by atoms with Gasteiger partial charge in [0.15, 0.2) is 0 Å². The van der Waals surface area contributed by atoms with Crippen molar-refractivity contribution in [2.24, 2.45) is 5.10 Å². The summed E-state index contributed by atoms with van der Waals surface area (Å²) in [5, 5.41) is 12.6. The van der Waals surface area contributed by atoms with E-state index in [4.69, 9.17) is 16.6 Å². The molecule has 7 N–H and O–H groups in total. The zero-order chi connectivity index (χ0) is 15.4. The smallest absolute Gasteiger partial charge is 0.335 e. The molecule has 0 radical (unpaired) electrons. The van der Waals surface area contributed by atoms with Crippen molar-refractivity contribution >= 4 is 29.6 Å². The van der Waals surface area contributed by atoms with Gasteiger partial charge in [0.2, 0.25) is 5.95 Å². The summed E-state index contributed by atoms with van der Waals surface area (Å²) in [6, 6.07) is 5.92. The van der Waals surface area contributed by atoms with Gasteiger partial charge in [0.1, 0.15) is 11.4 Å². The van der Waals surface area contributed by atoms with Crippen molar-refractivity contribution in [1.82, 2.24) is 9.97 Å². The molecule has 0 aliphatic rings. The summed E-state index contributed by atoms with van der Waals surface area (Å²) < 4.78 is 0. The molecule has 1 heterocycles. The number of hydrogen-bond donors (Lipinski definition) is 5. The van der Waals surface area contributed by atoms with Crippen molar-refractivity contribution in [3.8, 4) is 0 Å². The fraction of sp³-hybridized carbons (Fsp3) is 0. The van der Waals surface area contributed by atoms with Crippen LogP contribution in [0.15, 0.2) is 34.2 Å². The number of nitrogen functional groups attached to an aromatic ring is 2. The van der Waals surface area contributed by atoms with Crippen LogP contribution in [-0.2, 0) is 0 Å². The Labute approximate surface area is 118 Å². The predicted molar refractivity (Wildman–Crippen MR) is 78.3 cm³/mol. The van der Waals surface area contributed by atoms with E-state index < -0.39 is 11.5 Å². The van der Waals surface area contributed by atoms with Gasteiger partial charge in [-0.05, 0) is 24.3 Å². The summed E-state index contributed by atoms with van der Waals surface area (Å²) in [4.78, 5) is 28.3. The van der Waals surface area contributed by atoms with Gasteiger partial charge in [-0.1, -0.05) is 0 Å². The number of benzene rings is 1. The third-order valence-corrected chi connectivity index (χ3v) is 2.52. The highest BCUT2D eigenvalue weighted by Gasteiger charge is 2.05. The van der Waals surface area contributed by atoms with Crippen molar-refractivity contribution in [3.05, 3.63) is 45.7 Å². The number of H-pyrrole nitrogens is 1. The van der Waals surface area contributed by atoms with E-state index in [9.17, 15) is 9.59 Å². The number of carboxylic acids is 1. The van der Waals surface area contributed by atoms with E-state index in [0.29, 0.717) is 5.69 Å². The van der Waals surface area contributed by atoms with Gasteiger partial charge in [0.25, 0.3) is 5.56 Å². The fourth-order valence-electron chi connectivity index (χ4n) is 1.50.